The molecule has 13 heavy (non-hydrogen) atoms. The van der Waals surface area contributed by atoms with Crippen LogP contribution < -0.4 is 0 Å². The molecule has 1 atom stereocenters. The van der Waals surface area contributed by atoms with E-state index < -0.39 is 0 Å². The summed E-state index contributed by atoms with van der Waals surface area (Å²) in [6.45, 7) is 2.12. The molecule has 4 nitrogen and oxygen atoms in total. The van der Waals surface area contributed by atoms with Crippen LogP contribution in [-0.2, 0) is 0 Å². The normalized spacial score (nSPS) is 20.5. The van der Waals surface area contributed by atoms with Crippen molar-refractivity contribution in [3.8, 4) is 0 Å². The van der Waals surface area contributed by atoms with Gasteiger partial charge in [0.05, 0.1) is 0 Å². The minimum Gasteiger partial charge on any atom is -0.249 e. The Bertz CT molecular complexity index is 356. The van der Waals surface area contributed by atoms with E-state index >= 15 is 0 Å². The number of nitrogens with zero attached hydrogens (tertiary/aromatic N) is 4. The zero-order valence-corrected chi connectivity index (χ0v) is 7.38. The van der Waals surface area contributed by atoms with E-state index in [1.165, 1.54) is 12.7 Å². The molecule has 0 bridgehead atoms. The van der Waals surface area contributed by atoms with Crippen LogP contribution in [-0.4, -0.2) is 22.5 Å². The van der Waals surface area contributed by atoms with Crippen LogP contribution in [0.4, 0.5) is 5.82 Å². The summed E-state index contributed by atoms with van der Waals surface area (Å²) in [4.78, 5) is 16.2. The van der Waals surface area contributed by atoms with Crippen molar-refractivity contribution in [2.75, 3.05) is 0 Å². The molecule has 1 aromatic rings. The van der Waals surface area contributed by atoms with Gasteiger partial charge in [0.1, 0.15) is 12.7 Å². The summed E-state index contributed by atoms with van der Waals surface area (Å²) >= 11 is 0. The van der Waals surface area contributed by atoms with E-state index in [0.717, 1.165) is 17.8 Å². The lowest BCUT2D eigenvalue weighted by Crippen LogP contribution is -1.99. The molecular weight excluding hydrogens is 164 g/mol. The van der Waals surface area contributed by atoms with Crippen molar-refractivity contribution in [3.63, 3.8) is 0 Å². The Balaban J connectivity index is 2.49. The molecule has 0 saturated carbocycles. The van der Waals surface area contributed by atoms with Crippen molar-refractivity contribution in [1.29, 1.82) is 0 Å². The number of fused-ring (bicyclic) bond motifs is 1. The second kappa shape index (κ2) is 3.43. The fraction of sp³-hybridized carbons (Fsp3) is 0.333. The Kier molecular flexibility index (Phi) is 2.12. The molecule has 0 saturated heterocycles. The standard InChI is InChI=1S/C9H10N4/c1-7-2-3-10-5-12-9-8(7)4-11-6-13-9/h3-7H,2H2,1H3. The second-order valence-corrected chi connectivity index (χ2v) is 3.01. The van der Waals surface area contributed by atoms with Gasteiger partial charge in [0.15, 0.2) is 5.82 Å². The van der Waals surface area contributed by atoms with Gasteiger partial charge in [0.2, 0.25) is 0 Å². The molecule has 0 fully saturated rings. The van der Waals surface area contributed by atoms with Crippen LogP contribution in [0.2, 0.25) is 0 Å². The summed E-state index contributed by atoms with van der Waals surface area (Å²) in [5.41, 5.74) is 1.09. The van der Waals surface area contributed by atoms with E-state index in [1.807, 2.05) is 12.4 Å². The highest BCUT2D eigenvalue weighted by atomic mass is 15.0. The maximum atomic E-state index is 4.12. The molecule has 2 heterocycles. The summed E-state index contributed by atoms with van der Waals surface area (Å²) in [7, 11) is 0. The van der Waals surface area contributed by atoms with Gasteiger partial charge in [-0.15, -0.1) is 0 Å². The quantitative estimate of drug-likeness (QED) is 0.601. The number of aliphatic imine (C=N–C) groups is 2. The van der Waals surface area contributed by atoms with Crippen LogP contribution >= 0.6 is 0 Å². The molecule has 1 unspecified atom stereocenters. The molecule has 0 aliphatic carbocycles. The smallest absolute Gasteiger partial charge is 0.160 e. The first kappa shape index (κ1) is 8.04. The number of hydrogen-bond acceptors (Lipinski definition) is 4. The van der Waals surface area contributed by atoms with Gasteiger partial charge in [0, 0.05) is 18.0 Å². The third kappa shape index (κ3) is 1.61. The van der Waals surface area contributed by atoms with Gasteiger partial charge in [-0.05, 0) is 12.3 Å². The fourth-order valence-electron chi connectivity index (χ4n) is 1.27. The summed E-state index contributed by atoms with van der Waals surface area (Å²) in [6, 6.07) is 0. The van der Waals surface area contributed by atoms with Gasteiger partial charge in [-0.2, -0.15) is 0 Å². The number of hydrogen-bond donors (Lipinski definition) is 0. The summed E-state index contributed by atoms with van der Waals surface area (Å²) in [5, 5.41) is 0. The van der Waals surface area contributed by atoms with Crippen molar-refractivity contribution >= 4 is 18.4 Å². The highest BCUT2D eigenvalue weighted by molar-refractivity contribution is 5.75. The molecule has 2 rings (SSSR count). The first-order valence-electron chi connectivity index (χ1n) is 4.22. The van der Waals surface area contributed by atoms with Crippen LogP contribution in [0.15, 0.2) is 22.5 Å². The van der Waals surface area contributed by atoms with Crippen LogP contribution in [0, 0.1) is 0 Å². The van der Waals surface area contributed by atoms with Gasteiger partial charge in [-0.3, -0.25) is 0 Å². The summed E-state index contributed by atoms with van der Waals surface area (Å²) < 4.78 is 0. The van der Waals surface area contributed by atoms with Crippen LogP contribution in [0.25, 0.3) is 0 Å². The minimum atomic E-state index is 0.386. The Hall–Kier alpha value is -1.58. The number of rotatable bonds is 0. The zero-order valence-electron chi connectivity index (χ0n) is 7.38. The fourth-order valence-corrected chi connectivity index (χ4v) is 1.27. The predicted octanol–water partition coefficient (Wildman–Crippen LogP) is 1.71. The van der Waals surface area contributed by atoms with Crippen LogP contribution in [0.3, 0.4) is 0 Å². The highest BCUT2D eigenvalue weighted by Gasteiger charge is 2.11. The molecular formula is C9H10N4. The lowest BCUT2D eigenvalue weighted by atomic mass is 10.0. The molecule has 1 aliphatic heterocycles. The SMILES string of the molecule is CC1CC=NC=Nc2ncncc21. The van der Waals surface area contributed by atoms with Gasteiger partial charge >= 0.3 is 0 Å². The predicted molar refractivity (Wildman–Crippen MR) is 51.7 cm³/mol. The van der Waals surface area contributed by atoms with Crippen molar-refractivity contribution in [2.45, 2.75) is 19.3 Å². The van der Waals surface area contributed by atoms with E-state index in [-0.39, 0.29) is 0 Å². The average molecular weight is 174 g/mol. The highest BCUT2D eigenvalue weighted by Crippen LogP contribution is 2.25. The maximum Gasteiger partial charge on any atom is 0.160 e. The van der Waals surface area contributed by atoms with Gasteiger partial charge in [-0.1, -0.05) is 6.92 Å². The minimum absolute atomic E-state index is 0.386. The van der Waals surface area contributed by atoms with Crippen LogP contribution in [0.5, 0.6) is 0 Å². The Labute approximate surface area is 76.5 Å². The topological polar surface area (TPSA) is 50.5 Å². The zero-order chi connectivity index (χ0) is 9.10. The van der Waals surface area contributed by atoms with Crippen molar-refractivity contribution in [3.05, 3.63) is 18.1 Å². The van der Waals surface area contributed by atoms with E-state index in [0.29, 0.717) is 5.92 Å². The van der Waals surface area contributed by atoms with Gasteiger partial charge < -0.3 is 0 Å². The van der Waals surface area contributed by atoms with Crippen molar-refractivity contribution in [2.24, 2.45) is 9.98 Å². The third-order valence-electron chi connectivity index (χ3n) is 2.06. The van der Waals surface area contributed by atoms with E-state index in [4.69, 9.17) is 0 Å². The average Bonchev–Trinajstić information content (AvgIpc) is 2.14. The molecule has 0 aromatic carbocycles. The van der Waals surface area contributed by atoms with Crippen LogP contribution in [0.1, 0.15) is 24.8 Å². The Morgan fingerprint density at radius 1 is 1.46 bits per heavy atom. The molecule has 4 heteroatoms. The van der Waals surface area contributed by atoms with E-state index in [2.05, 4.69) is 26.9 Å². The largest absolute Gasteiger partial charge is 0.249 e. The van der Waals surface area contributed by atoms with Gasteiger partial charge in [-0.25, -0.2) is 20.0 Å². The van der Waals surface area contributed by atoms with E-state index in [9.17, 15) is 0 Å². The molecule has 1 aliphatic rings. The summed E-state index contributed by atoms with van der Waals surface area (Å²) in [5.74, 6) is 1.12. The lowest BCUT2D eigenvalue weighted by molar-refractivity contribution is 0.797. The molecule has 0 spiro atoms. The van der Waals surface area contributed by atoms with E-state index in [1.54, 1.807) is 0 Å². The lowest BCUT2D eigenvalue weighted by Gasteiger charge is -2.10. The number of aromatic nitrogens is 2. The molecule has 66 valence electrons. The molecule has 1 aromatic heterocycles. The van der Waals surface area contributed by atoms with Crippen molar-refractivity contribution < 1.29 is 0 Å². The van der Waals surface area contributed by atoms with Gasteiger partial charge in [0.25, 0.3) is 0 Å². The maximum absolute atomic E-state index is 4.12. The molecule has 0 N–H and O–H groups in total. The first-order valence-corrected chi connectivity index (χ1v) is 4.22. The Morgan fingerprint density at radius 3 is 3.31 bits per heavy atom. The first-order chi connectivity index (χ1) is 6.38. The summed E-state index contributed by atoms with van der Waals surface area (Å²) in [6.07, 6.45) is 7.63. The molecule has 0 radical (unpaired) electrons. The monoisotopic (exact) mass is 174 g/mol. The van der Waals surface area contributed by atoms with Crippen molar-refractivity contribution in [1.82, 2.24) is 9.97 Å². The second-order valence-electron chi connectivity index (χ2n) is 3.01. The molecule has 0 amide bonds. The third-order valence-corrected chi connectivity index (χ3v) is 2.06. The Morgan fingerprint density at radius 2 is 2.38 bits per heavy atom.